The lowest BCUT2D eigenvalue weighted by molar-refractivity contribution is 0.273. The molecule has 5 nitrogen and oxygen atoms in total. The number of ether oxygens (including phenoxy) is 2. The van der Waals surface area contributed by atoms with Crippen molar-refractivity contribution in [2.45, 2.75) is 20.0 Å². The zero-order valence-electron chi connectivity index (χ0n) is 12.2. The molecule has 0 spiro atoms. The maximum atomic E-state index is 5.95. The van der Waals surface area contributed by atoms with Gasteiger partial charge in [0.15, 0.2) is 11.5 Å². The van der Waals surface area contributed by atoms with Gasteiger partial charge >= 0.3 is 0 Å². The SMILES string of the molecule is COc1cccc(CCN)c1OCc1cc(C)nn1C. The monoisotopic (exact) mass is 275 g/mol. The minimum atomic E-state index is 0.454. The average molecular weight is 275 g/mol. The number of nitrogens with two attached hydrogens (primary N) is 1. The lowest BCUT2D eigenvalue weighted by Crippen LogP contribution is -2.08. The van der Waals surface area contributed by atoms with Gasteiger partial charge in [-0.2, -0.15) is 5.10 Å². The molecule has 1 aromatic carbocycles. The van der Waals surface area contributed by atoms with Crippen LogP contribution in [-0.4, -0.2) is 23.4 Å². The van der Waals surface area contributed by atoms with Gasteiger partial charge in [-0.15, -0.1) is 0 Å². The molecule has 5 heteroatoms. The Bertz CT molecular complexity index is 578. The molecule has 0 saturated carbocycles. The van der Waals surface area contributed by atoms with Crippen LogP contribution in [0.25, 0.3) is 0 Å². The van der Waals surface area contributed by atoms with Crippen molar-refractivity contribution in [2.75, 3.05) is 13.7 Å². The van der Waals surface area contributed by atoms with E-state index >= 15 is 0 Å². The fraction of sp³-hybridized carbons (Fsp3) is 0.400. The Hall–Kier alpha value is -2.01. The summed E-state index contributed by atoms with van der Waals surface area (Å²) in [5.74, 6) is 1.49. The molecular formula is C15H21N3O2. The van der Waals surface area contributed by atoms with E-state index < -0.39 is 0 Å². The third-order valence-corrected chi connectivity index (χ3v) is 3.16. The third-order valence-electron chi connectivity index (χ3n) is 3.16. The second-order valence-electron chi connectivity index (χ2n) is 4.68. The van der Waals surface area contributed by atoms with Crippen molar-refractivity contribution in [3.63, 3.8) is 0 Å². The van der Waals surface area contributed by atoms with E-state index in [1.54, 1.807) is 7.11 Å². The first-order chi connectivity index (χ1) is 9.65. The summed E-state index contributed by atoms with van der Waals surface area (Å²) in [6, 6.07) is 7.87. The number of aromatic nitrogens is 2. The Morgan fingerprint density at radius 3 is 2.75 bits per heavy atom. The van der Waals surface area contributed by atoms with Crippen molar-refractivity contribution >= 4 is 0 Å². The summed E-state index contributed by atoms with van der Waals surface area (Å²) in [6.45, 7) is 3.00. The first-order valence-corrected chi connectivity index (χ1v) is 6.64. The molecule has 2 rings (SSSR count). The quantitative estimate of drug-likeness (QED) is 0.873. The molecular weight excluding hydrogens is 254 g/mol. The minimum Gasteiger partial charge on any atom is -0.493 e. The number of hydrogen-bond acceptors (Lipinski definition) is 4. The van der Waals surface area contributed by atoms with Crippen LogP contribution in [0.15, 0.2) is 24.3 Å². The molecule has 0 saturated heterocycles. The zero-order chi connectivity index (χ0) is 14.5. The maximum Gasteiger partial charge on any atom is 0.164 e. The van der Waals surface area contributed by atoms with Gasteiger partial charge in [-0.1, -0.05) is 12.1 Å². The molecule has 0 aliphatic rings. The Morgan fingerprint density at radius 2 is 2.15 bits per heavy atom. The normalized spacial score (nSPS) is 10.6. The number of hydrogen-bond donors (Lipinski definition) is 1. The summed E-state index contributed by atoms with van der Waals surface area (Å²) in [7, 11) is 3.55. The standard InChI is InChI=1S/C15H21N3O2/c1-11-9-13(18(2)17-11)10-20-15-12(7-8-16)5-4-6-14(15)19-3/h4-6,9H,7-8,10,16H2,1-3H3. The fourth-order valence-corrected chi connectivity index (χ4v) is 2.18. The molecule has 2 N–H and O–H groups in total. The Morgan fingerprint density at radius 1 is 1.35 bits per heavy atom. The molecule has 2 aromatic rings. The molecule has 108 valence electrons. The predicted molar refractivity (Wildman–Crippen MR) is 78.0 cm³/mol. The molecule has 1 aromatic heterocycles. The van der Waals surface area contributed by atoms with Crippen molar-refractivity contribution < 1.29 is 9.47 Å². The number of rotatable bonds is 6. The molecule has 0 unspecified atom stereocenters. The van der Waals surface area contributed by atoms with Crippen LogP contribution in [0.2, 0.25) is 0 Å². The number of aryl methyl sites for hydroxylation is 2. The van der Waals surface area contributed by atoms with Crippen LogP contribution >= 0.6 is 0 Å². The second-order valence-corrected chi connectivity index (χ2v) is 4.68. The lowest BCUT2D eigenvalue weighted by atomic mass is 10.1. The van der Waals surface area contributed by atoms with Crippen LogP contribution < -0.4 is 15.2 Å². The molecule has 1 heterocycles. The van der Waals surface area contributed by atoms with E-state index in [2.05, 4.69) is 5.10 Å². The van der Waals surface area contributed by atoms with Gasteiger partial charge in [0.25, 0.3) is 0 Å². The van der Waals surface area contributed by atoms with Crippen molar-refractivity contribution in [3.8, 4) is 11.5 Å². The Labute approximate surface area is 119 Å². The van der Waals surface area contributed by atoms with Crippen LogP contribution in [0.5, 0.6) is 11.5 Å². The molecule has 0 fully saturated rings. The third kappa shape index (κ3) is 3.11. The fourth-order valence-electron chi connectivity index (χ4n) is 2.18. The van der Waals surface area contributed by atoms with Crippen molar-refractivity contribution in [1.29, 1.82) is 0 Å². The Kier molecular flexibility index (Phi) is 4.63. The summed E-state index contributed by atoms with van der Waals surface area (Å²) in [6.07, 6.45) is 0.761. The van der Waals surface area contributed by atoms with Crippen LogP contribution in [0.3, 0.4) is 0 Å². The number of benzene rings is 1. The summed E-state index contributed by atoms with van der Waals surface area (Å²) in [5, 5.41) is 4.31. The molecule has 0 bridgehead atoms. The highest BCUT2D eigenvalue weighted by Gasteiger charge is 2.11. The highest BCUT2D eigenvalue weighted by atomic mass is 16.5. The van der Waals surface area contributed by atoms with Crippen LogP contribution in [0, 0.1) is 6.92 Å². The molecule has 0 radical (unpaired) electrons. The van der Waals surface area contributed by atoms with Gasteiger partial charge in [-0.3, -0.25) is 4.68 Å². The Balaban J connectivity index is 2.21. The largest absolute Gasteiger partial charge is 0.493 e. The van der Waals surface area contributed by atoms with Gasteiger partial charge in [0.2, 0.25) is 0 Å². The maximum absolute atomic E-state index is 5.95. The highest BCUT2D eigenvalue weighted by molar-refractivity contribution is 5.46. The van der Waals surface area contributed by atoms with Crippen molar-refractivity contribution in [3.05, 3.63) is 41.2 Å². The molecule has 20 heavy (non-hydrogen) atoms. The number of para-hydroxylation sites is 1. The summed E-state index contributed by atoms with van der Waals surface area (Å²) < 4.78 is 13.1. The molecule has 0 aliphatic heterocycles. The van der Waals surface area contributed by atoms with Crippen molar-refractivity contribution in [2.24, 2.45) is 12.8 Å². The van der Waals surface area contributed by atoms with Gasteiger partial charge in [0, 0.05) is 7.05 Å². The minimum absolute atomic E-state index is 0.454. The second kappa shape index (κ2) is 6.43. The summed E-state index contributed by atoms with van der Waals surface area (Å²) in [5.41, 5.74) is 8.71. The first kappa shape index (κ1) is 14.4. The predicted octanol–water partition coefficient (Wildman–Crippen LogP) is 1.82. The van der Waals surface area contributed by atoms with Crippen LogP contribution in [0.1, 0.15) is 17.0 Å². The smallest absolute Gasteiger partial charge is 0.164 e. The summed E-state index contributed by atoms with van der Waals surface area (Å²) in [4.78, 5) is 0. The van der Waals surface area contributed by atoms with E-state index in [4.69, 9.17) is 15.2 Å². The first-order valence-electron chi connectivity index (χ1n) is 6.64. The van der Waals surface area contributed by atoms with Gasteiger partial charge < -0.3 is 15.2 Å². The lowest BCUT2D eigenvalue weighted by Gasteiger charge is -2.14. The number of nitrogens with zero attached hydrogens (tertiary/aromatic N) is 2. The number of methoxy groups -OCH3 is 1. The average Bonchev–Trinajstić information content (AvgIpc) is 2.75. The molecule has 0 aliphatic carbocycles. The van der Waals surface area contributed by atoms with Crippen molar-refractivity contribution in [1.82, 2.24) is 9.78 Å². The van der Waals surface area contributed by atoms with Gasteiger partial charge in [0.05, 0.1) is 18.5 Å². The van der Waals surface area contributed by atoms with E-state index in [9.17, 15) is 0 Å². The highest BCUT2D eigenvalue weighted by Crippen LogP contribution is 2.32. The van der Waals surface area contributed by atoms with Gasteiger partial charge in [0.1, 0.15) is 6.61 Å². The van der Waals surface area contributed by atoms with Crippen LogP contribution in [0.4, 0.5) is 0 Å². The van der Waals surface area contributed by atoms with Crippen LogP contribution in [-0.2, 0) is 20.1 Å². The zero-order valence-corrected chi connectivity index (χ0v) is 12.2. The topological polar surface area (TPSA) is 62.3 Å². The van der Waals surface area contributed by atoms with E-state index in [-0.39, 0.29) is 0 Å². The van der Waals surface area contributed by atoms with E-state index in [0.29, 0.717) is 13.2 Å². The van der Waals surface area contributed by atoms with Gasteiger partial charge in [-0.05, 0) is 37.6 Å². The molecule has 0 atom stereocenters. The van der Waals surface area contributed by atoms with E-state index in [0.717, 1.165) is 34.9 Å². The van der Waals surface area contributed by atoms with E-state index in [1.807, 2.05) is 42.9 Å². The van der Waals surface area contributed by atoms with Gasteiger partial charge in [-0.25, -0.2) is 0 Å². The summed E-state index contributed by atoms with van der Waals surface area (Å²) >= 11 is 0. The molecule has 0 amide bonds. The van der Waals surface area contributed by atoms with E-state index in [1.165, 1.54) is 0 Å².